The number of rotatable bonds is 10. The maximum absolute atomic E-state index is 13.9. The highest BCUT2D eigenvalue weighted by Crippen LogP contribution is 2.49. The lowest BCUT2D eigenvalue weighted by molar-refractivity contribution is -0.148. The van der Waals surface area contributed by atoms with E-state index in [-0.39, 0.29) is 24.7 Å². The summed E-state index contributed by atoms with van der Waals surface area (Å²) in [7, 11) is 4.76. The van der Waals surface area contributed by atoms with E-state index in [4.69, 9.17) is 28.7 Å². The van der Waals surface area contributed by atoms with E-state index in [1.807, 2.05) is 50.2 Å². The number of carbonyl (C=O) groups is 2. The van der Waals surface area contributed by atoms with E-state index in [9.17, 15) is 9.59 Å². The summed E-state index contributed by atoms with van der Waals surface area (Å²) in [6.45, 7) is 4.66. The Morgan fingerprint density at radius 2 is 1.69 bits per heavy atom. The number of Topliss-reactive ketones (excluding diaryl/α,β-unsaturated/α-hetero) is 1. The topological polar surface area (TPSA) is 92.7 Å². The van der Waals surface area contributed by atoms with Crippen LogP contribution in [0.25, 0.3) is 0 Å². The molecule has 1 aliphatic heterocycles. The van der Waals surface area contributed by atoms with Gasteiger partial charge in [0, 0.05) is 46.0 Å². The summed E-state index contributed by atoms with van der Waals surface area (Å²) < 4.78 is 28.3. The Kier molecular flexibility index (Phi) is 9.45. The van der Waals surface area contributed by atoms with Gasteiger partial charge in [0.05, 0.1) is 27.9 Å². The Labute approximate surface area is 237 Å². The third kappa shape index (κ3) is 6.04. The number of nitrogens with zero attached hydrogens (tertiary/aromatic N) is 1. The van der Waals surface area contributed by atoms with Crippen molar-refractivity contribution < 1.29 is 33.3 Å². The summed E-state index contributed by atoms with van der Waals surface area (Å²) in [4.78, 5) is 32.2. The van der Waals surface area contributed by atoms with Gasteiger partial charge in [-0.25, -0.2) is 0 Å². The van der Waals surface area contributed by atoms with Crippen LogP contribution in [0, 0.1) is 5.92 Å². The van der Waals surface area contributed by atoms with Gasteiger partial charge in [-0.05, 0) is 62.1 Å². The van der Waals surface area contributed by atoms with Crippen LogP contribution in [0.15, 0.2) is 57.1 Å². The molecule has 208 valence electrons. The molecule has 1 unspecified atom stereocenters. The number of ether oxygens (including phenoxy) is 5. The molecule has 39 heavy (non-hydrogen) atoms. The fourth-order valence-electron chi connectivity index (χ4n) is 5.43. The average Bonchev–Trinajstić information content (AvgIpc) is 2.93. The average molecular weight is 601 g/mol. The molecule has 2 aromatic carbocycles. The van der Waals surface area contributed by atoms with Crippen LogP contribution in [0.5, 0.6) is 17.2 Å². The standard InChI is InChI=1S/C30H34BrNO7/c1-6-38-11-12-39-30(34)27-17(2)32-22-13-19(18-7-9-25(36-4)26(15-18)37-5)14-23(33)29(22)28(27)21-16-20(31)8-10-24(21)35-3/h7-10,15-16,19,27-28H,6,11-14H2,1-5H3/t19-,27?,28-/m1/s1. The molecule has 1 aliphatic carbocycles. The van der Waals surface area contributed by atoms with Crippen LogP contribution in [0.4, 0.5) is 0 Å². The van der Waals surface area contributed by atoms with Gasteiger partial charge < -0.3 is 23.7 Å². The highest BCUT2D eigenvalue weighted by Gasteiger charge is 2.46. The van der Waals surface area contributed by atoms with Crippen LogP contribution in [0.2, 0.25) is 0 Å². The lowest BCUT2D eigenvalue weighted by Gasteiger charge is -2.37. The van der Waals surface area contributed by atoms with E-state index in [0.29, 0.717) is 53.9 Å². The maximum Gasteiger partial charge on any atom is 0.315 e. The van der Waals surface area contributed by atoms with Crippen LogP contribution in [-0.2, 0) is 19.1 Å². The van der Waals surface area contributed by atoms with Crippen molar-refractivity contribution in [3.8, 4) is 17.2 Å². The number of halogens is 1. The highest BCUT2D eigenvalue weighted by molar-refractivity contribution is 9.10. The van der Waals surface area contributed by atoms with E-state index < -0.39 is 17.8 Å². The molecule has 2 aromatic rings. The van der Waals surface area contributed by atoms with Gasteiger partial charge in [-0.15, -0.1) is 0 Å². The third-order valence-corrected chi connectivity index (χ3v) is 7.72. The summed E-state index contributed by atoms with van der Waals surface area (Å²) in [6.07, 6.45) is 0.828. The predicted molar refractivity (Wildman–Crippen MR) is 151 cm³/mol. The lowest BCUT2D eigenvalue weighted by Crippen LogP contribution is -2.38. The molecule has 0 radical (unpaired) electrons. The Morgan fingerprint density at radius 1 is 0.974 bits per heavy atom. The molecule has 0 N–H and O–H groups in total. The minimum Gasteiger partial charge on any atom is -0.496 e. The van der Waals surface area contributed by atoms with Crippen molar-refractivity contribution in [2.75, 3.05) is 41.2 Å². The number of ketones is 1. The maximum atomic E-state index is 13.9. The first-order valence-electron chi connectivity index (χ1n) is 12.9. The monoisotopic (exact) mass is 599 g/mol. The van der Waals surface area contributed by atoms with E-state index in [1.165, 1.54) is 0 Å². The van der Waals surface area contributed by atoms with Crippen molar-refractivity contribution in [1.29, 1.82) is 0 Å². The molecule has 0 bridgehead atoms. The van der Waals surface area contributed by atoms with Crippen molar-refractivity contribution in [3.63, 3.8) is 0 Å². The molecule has 0 saturated heterocycles. The normalized spacial score (nSPS) is 20.7. The van der Waals surface area contributed by atoms with Crippen molar-refractivity contribution in [2.24, 2.45) is 10.9 Å². The highest BCUT2D eigenvalue weighted by atomic mass is 79.9. The largest absolute Gasteiger partial charge is 0.496 e. The SMILES string of the molecule is CCOCCOC(=O)C1C(C)=NC2=C(C(=O)C[C@H](c3ccc(OC)c(OC)c3)C2)[C@@H]1c1cc(Br)ccc1OC. The summed E-state index contributed by atoms with van der Waals surface area (Å²) in [6, 6.07) is 11.3. The molecule has 1 heterocycles. The first kappa shape index (κ1) is 28.8. The van der Waals surface area contributed by atoms with Crippen LogP contribution in [-0.4, -0.2) is 58.6 Å². The number of hydrogen-bond acceptors (Lipinski definition) is 8. The van der Waals surface area contributed by atoms with Crippen molar-refractivity contribution in [1.82, 2.24) is 0 Å². The number of aliphatic imine (C=N–C) groups is 1. The van der Waals surface area contributed by atoms with E-state index in [0.717, 1.165) is 15.6 Å². The second-order valence-electron chi connectivity index (χ2n) is 9.46. The van der Waals surface area contributed by atoms with Gasteiger partial charge in [0.15, 0.2) is 17.3 Å². The minimum atomic E-state index is -0.768. The van der Waals surface area contributed by atoms with Crippen molar-refractivity contribution >= 4 is 33.4 Å². The van der Waals surface area contributed by atoms with Gasteiger partial charge in [-0.3, -0.25) is 14.6 Å². The van der Waals surface area contributed by atoms with Gasteiger partial charge >= 0.3 is 5.97 Å². The summed E-state index contributed by atoms with van der Waals surface area (Å²) in [5.41, 5.74) is 3.53. The number of benzene rings is 2. The molecule has 0 aromatic heterocycles. The molecule has 4 rings (SSSR count). The first-order chi connectivity index (χ1) is 18.8. The summed E-state index contributed by atoms with van der Waals surface area (Å²) >= 11 is 3.55. The number of hydrogen-bond donors (Lipinski definition) is 0. The van der Waals surface area contributed by atoms with E-state index in [1.54, 1.807) is 21.3 Å². The molecule has 0 amide bonds. The van der Waals surface area contributed by atoms with Crippen LogP contribution in [0.3, 0.4) is 0 Å². The zero-order chi connectivity index (χ0) is 28.1. The number of methoxy groups -OCH3 is 3. The van der Waals surface area contributed by atoms with E-state index >= 15 is 0 Å². The van der Waals surface area contributed by atoms with Crippen LogP contribution < -0.4 is 14.2 Å². The second-order valence-corrected chi connectivity index (χ2v) is 10.4. The molecule has 3 atom stereocenters. The predicted octanol–water partition coefficient (Wildman–Crippen LogP) is 5.63. The third-order valence-electron chi connectivity index (χ3n) is 7.22. The van der Waals surface area contributed by atoms with Gasteiger partial charge in [-0.2, -0.15) is 0 Å². The minimum absolute atomic E-state index is 0.0496. The lowest BCUT2D eigenvalue weighted by atomic mass is 9.69. The summed E-state index contributed by atoms with van der Waals surface area (Å²) in [5, 5.41) is 0. The van der Waals surface area contributed by atoms with Crippen LogP contribution >= 0.6 is 15.9 Å². The fraction of sp³-hybridized carbons (Fsp3) is 0.433. The zero-order valence-electron chi connectivity index (χ0n) is 22.9. The van der Waals surface area contributed by atoms with Gasteiger partial charge in [0.1, 0.15) is 18.3 Å². The van der Waals surface area contributed by atoms with Gasteiger partial charge in [0.25, 0.3) is 0 Å². The quantitative estimate of drug-likeness (QED) is 0.258. The van der Waals surface area contributed by atoms with Gasteiger partial charge in [-0.1, -0.05) is 22.0 Å². The first-order valence-corrected chi connectivity index (χ1v) is 13.7. The molecule has 2 aliphatic rings. The number of carbonyl (C=O) groups excluding carboxylic acids is 2. The molecule has 0 saturated carbocycles. The Hall–Kier alpha value is -3.17. The Morgan fingerprint density at radius 3 is 2.38 bits per heavy atom. The second kappa shape index (κ2) is 12.8. The zero-order valence-corrected chi connectivity index (χ0v) is 24.5. The summed E-state index contributed by atoms with van der Waals surface area (Å²) in [5.74, 6) is -0.118. The smallest absolute Gasteiger partial charge is 0.315 e. The van der Waals surface area contributed by atoms with Crippen LogP contribution in [0.1, 0.15) is 49.7 Å². The van der Waals surface area contributed by atoms with Crippen molar-refractivity contribution in [3.05, 3.63) is 63.3 Å². The Bertz CT molecular complexity index is 1300. The molecule has 0 fully saturated rings. The Balaban J connectivity index is 1.77. The molecule has 9 heteroatoms. The van der Waals surface area contributed by atoms with E-state index in [2.05, 4.69) is 15.9 Å². The molecule has 0 spiro atoms. The van der Waals surface area contributed by atoms with Gasteiger partial charge in [0.2, 0.25) is 0 Å². The van der Waals surface area contributed by atoms with Crippen molar-refractivity contribution in [2.45, 2.75) is 38.5 Å². The molecular formula is C30H34BrNO7. The fourth-order valence-corrected chi connectivity index (χ4v) is 5.81. The number of esters is 1. The molecular weight excluding hydrogens is 566 g/mol. The molecule has 8 nitrogen and oxygen atoms in total. The number of allylic oxidation sites excluding steroid dienone is 2.